The molecule has 0 aliphatic rings. The predicted octanol–water partition coefficient (Wildman–Crippen LogP) is 1.83. The van der Waals surface area contributed by atoms with Crippen molar-refractivity contribution in [1.29, 1.82) is 0 Å². The van der Waals surface area contributed by atoms with E-state index in [4.69, 9.17) is 23.1 Å². The van der Waals surface area contributed by atoms with E-state index in [1.54, 1.807) is 13.0 Å². The molecule has 2 nitrogen and oxygen atoms in total. The summed E-state index contributed by atoms with van der Waals surface area (Å²) in [6, 6.07) is 3.91. The van der Waals surface area contributed by atoms with Crippen LogP contribution >= 0.6 is 11.6 Å². The van der Waals surface area contributed by atoms with Gasteiger partial charge in [0.15, 0.2) is 0 Å². The van der Waals surface area contributed by atoms with Crippen molar-refractivity contribution in [2.45, 2.75) is 19.0 Å². The maximum atomic E-state index is 13.0. The predicted molar refractivity (Wildman–Crippen MR) is 52.0 cm³/mol. The molecule has 4 heteroatoms. The van der Waals surface area contributed by atoms with Gasteiger partial charge in [0.25, 0.3) is 0 Å². The van der Waals surface area contributed by atoms with Gasteiger partial charge in [-0.2, -0.15) is 0 Å². The molecule has 0 heterocycles. The fourth-order valence-corrected chi connectivity index (χ4v) is 1.14. The van der Waals surface area contributed by atoms with Crippen LogP contribution in [0.1, 0.15) is 18.5 Å². The largest absolute Gasteiger partial charge is 0.326 e. The monoisotopic (exact) mass is 202 g/mol. The Bertz CT molecular complexity index is 302. The van der Waals surface area contributed by atoms with Crippen molar-refractivity contribution < 1.29 is 4.39 Å². The van der Waals surface area contributed by atoms with Gasteiger partial charge in [0.1, 0.15) is 5.82 Å². The summed E-state index contributed by atoms with van der Waals surface area (Å²) in [6.07, 6.45) is 0. The minimum atomic E-state index is -0.463. The molecular formula is C9H12ClFN2. The second-order valence-corrected chi connectivity index (χ2v) is 3.47. The Kier molecular flexibility index (Phi) is 3.25. The third-order valence-corrected chi connectivity index (χ3v) is 2.20. The maximum Gasteiger partial charge on any atom is 0.142 e. The first-order valence-electron chi connectivity index (χ1n) is 3.98. The Morgan fingerprint density at radius 1 is 1.38 bits per heavy atom. The smallest absolute Gasteiger partial charge is 0.142 e. The van der Waals surface area contributed by atoms with Gasteiger partial charge in [-0.15, -0.1) is 0 Å². The van der Waals surface area contributed by atoms with Gasteiger partial charge in [0, 0.05) is 12.1 Å². The molecule has 1 rings (SSSR count). The van der Waals surface area contributed by atoms with Crippen molar-refractivity contribution in [3.05, 3.63) is 34.6 Å². The zero-order valence-electron chi connectivity index (χ0n) is 7.30. The Balaban J connectivity index is 2.97. The number of nitrogens with two attached hydrogens (primary N) is 2. The van der Waals surface area contributed by atoms with Crippen LogP contribution in [0.2, 0.25) is 5.02 Å². The van der Waals surface area contributed by atoms with Gasteiger partial charge < -0.3 is 11.5 Å². The van der Waals surface area contributed by atoms with Crippen LogP contribution in [0.15, 0.2) is 18.2 Å². The highest BCUT2D eigenvalue weighted by molar-refractivity contribution is 6.30. The summed E-state index contributed by atoms with van der Waals surface area (Å²) in [7, 11) is 0. The van der Waals surface area contributed by atoms with Crippen molar-refractivity contribution in [3.63, 3.8) is 0 Å². The highest BCUT2D eigenvalue weighted by atomic mass is 35.5. The molecule has 4 N–H and O–H groups in total. The number of rotatable bonds is 2. The summed E-state index contributed by atoms with van der Waals surface area (Å²) in [6.45, 7) is 1.77. The SMILES string of the molecule is C[C@H](N)[C@@H](N)c1ccc(Cl)c(F)c1. The van der Waals surface area contributed by atoms with Gasteiger partial charge in [-0.1, -0.05) is 17.7 Å². The molecule has 1 aromatic rings. The lowest BCUT2D eigenvalue weighted by atomic mass is 10.0. The van der Waals surface area contributed by atoms with Gasteiger partial charge in [0.2, 0.25) is 0 Å². The number of hydrogen-bond acceptors (Lipinski definition) is 2. The zero-order valence-corrected chi connectivity index (χ0v) is 8.05. The van der Waals surface area contributed by atoms with E-state index < -0.39 is 5.82 Å². The molecule has 0 unspecified atom stereocenters. The fourth-order valence-electron chi connectivity index (χ4n) is 1.02. The molecule has 0 fully saturated rings. The molecule has 0 amide bonds. The van der Waals surface area contributed by atoms with Crippen molar-refractivity contribution in [3.8, 4) is 0 Å². The van der Waals surface area contributed by atoms with E-state index in [0.29, 0.717) is 5.56 Å². The van der Waals surface area contributed by atoms with E-state index in [2.05, 4.69) is 0 Å². The highest BCUT2D eigenvalue weighted by Crippen LogP contribution is 2.20. The minimum absolute atomic E-state index is 0.0978. The zero-order chi connectivity index (χ0) is 10.0. The Morgan fingerprint density at radius 2 is 2.00 bits per heavy atom. The van der Waals surface area contributed by atoms with Crippen LogP contribution in [0.5, 0.6) is 0 Å². The van der Waals surface area contributed by atoms with Crippen LogP contribution in [-0.2, 0) is 0 Å². The molecular weight excluding hydrogens is 191 g/mol. The first kappa shape index (κ1) is 10.4. The Morgan fingerprint density at radius 3 is 2.46 bits per heavy atom. The molecule has 2 atom stereocenters. The van der Waals surface area contributed by atoms with Gasteiger partial charge in [-0.3, -0.25) is 0 Å². The van der Waals surface area contributed by atoms with Crippen molar-refractivity contribution >= 4 is 11.6 Å². The summed E-state index contributed by atoms with van der Waals surface area (Å²) in [5, 5.41) is 0.0978. The summed E-state index contributed by atoms with van der Waals surface area (Å²) in [4.78, 5) is 0. The highest BCUT2D eigenvalue weighted by Gasteiger charge is 2.12. The van der Waals surface area contributed by atoms with E-state index in [0.717, 1.165) is 0 Å². The molecule has 0 aromatic heterocycles. The molecule has 72 valence electrons. The van der Waals surface area contributed by atoms with Gasteiger partial charge in [-0.05, 0) is 24.6 Å². The van der Waals surface area contributed by atoms with Crippen molar-refractivity contribution in [2.75, 3.05) is 0 Å². The summed E-state index contributed by atoms with van der Waals surface area (Å²) < 4.78 is 13.0. The average molecular weight is 203 g/mol. The maximum absolute atomic E-state index is 13.0. The number of halogens is 2. The van der Waals surface area contributed by atoms with Crippen molar-refractivity contribution in [1.82, 2.24) is 0 Å². The first-order chi connectivity index (χ1) is 6.02. The second kappa shape index (κ2) is 4.05. The molecule has 1 aromatic carbocycles. The van der Waals surface area contributed by atoms with E-state index in [-0.39, 0.29) is 17.1 Å². The van der Waals surface area contributed by atoms with Gasteiger partial charge in [-0.25, -0.2) is 4.39 Å². The molecule has 0 radical (unpaired) electrons. The second-order valence-electron chi connectivity index (χ2n) is 3.06. The van der Waals surface area contributed by atoms with Crippen LogP contribution in [-0.4, -0.2) is 6.04 Å². The van der Waals surface area contributed by atoms with E-state index >= 15 is 0 Å². The van der Waals surface area contributed by atoms with Crippen LogP contribution in [0, 0.1) is 5.82 Å². The van der Waals surface area contributed by atoms with Crippen molar-refractivity contribution in [2.24, 2.45) is 11.5 Å². The molecule has 0 aliphatic heterocycles. The normalized spacial score (nSPS) is 15.5. The molecule has 0 saturated carbocycles. The molecule has 0 aliphatic carbocycles. The van der Waals surface area contributed by atoms with Crippen LogP contribution < -0.4 is 11.5 Å². The van der Waals surface area contributed by atoms with Gasteiger partial charge >= 0.3 is 0 Å². The fraction of sp³-hybridized carbons (Fsp3) is 0.333. The summed E-state index contributed by atoms with van der Waals surface area (Å²) in [5.74, 6) is -0.463. The van der Waals surface area contributed by atoms with E-state index in [9.17, 15) is 4.39 Å². The summed E-state index contributed by atoms with van der Waals surface area (Å²) >= 11 is 5.52. The van der Waals surface area contributed by atoms with Crippen LogP contribution in [0.25, 0.3) is 0 Å². The first-order valence-corrected chi connectivity index (χ1v) is 4.36. The molecule has 13 heavy (non-hydrogen) atoms. The third-order valence-electron chi connectivity index (χ3n) is 1.90. The Labute approximate surface area is 81.7 Å². The lowest BCUT2D eigenvalue weighted by Gasteiger charge is -2.15. The quantitative estimate of drug-likeness (QED) is 0.769. The lowest BCUT2D eigenvalue weighted by molar-refractivity contribution is 0.576. The lowest BCUT2D eigenvalue weighted by Crippen LogP contribution is -2.31. The standard InChI is InChI=1S/C9H12ClFN2/c1-5(12)9(13)6-2-3-7(10)8(11)4-6/h2-5,9H,12-13H2,1H3/t5-,9+/m0/s1. The molecule has 0 spiro atoms. The number of hydrogen-bond donors (Lipinski definition) is 2. The topological polar surface area (TPSA) is 52.0 Å². The van der Waals surface area contributed by atoms with E-state index in [1.165, 1.54) is 12.1 Å². The van der Waals surface area contributed by atoms with Crippen LogP contribution in [0.4, 0.5) is 4.39 Å². The third kappa shape index (κ3) is 2.40. The average Bonchev–Trinajstić information content (AvgIpc) is 2.08. The van der Waals surface area contributed by atoms with Crippen LogP contribution in [0.3, 0.4) is 0 Å². The van der Waals surface area contributed by atoms with E-state index in [1.807, 2.05) is 0 Å². The Hall–Kier alpha value is -0.640. The summed E-state index contributed by atoms with van der Waals surface area (Å²) in [5.41, 5.74) is 12.0. The van der Waals surface area contributed by atoms with Gasteiger partial charge in [0.05, 0.1) is 5.02 Å². The minimum Gasteiger partial charge on any atom is -0.326 e. The molecule has 0 saturated heterocycles. The number of benzene rings is 1. The molecule has 0 bridgehead atoms.